The van der Waals surface area contributed by atoms with E-state index in [1.807, 2.05) is 17.0 Å². The van der Waals surface area contributed by atoms with Crippen LogP contribution in [-0.2, 0) is 11.2 Å². The van der Waals surface area contributed by atoms with E-state index in [-0.39, 0.29) is 5.91 Å². The van der Waals surface area contributed by atoms with Gasteiger partial charge >= 0.3 is 0 Å². The van der Waals surface area contributed by atoms with Crippen LogP contribution in [-0.4, -0.2) is 23.4 Å². The molecule has 1 aliphatic heterocycles. The molecule has 1 unspecified atom stereocenters. The molecule has 106 valence electrons. The smallest absolute Gasteiger partial charge is 0.227 e. The standard InChI is InChI=1S/C17H21NO2/c1-12-6-7-16-15(9-12)14(11-20-16)10-17(19)18-8-4-3-5-13(18)2/h6-7,9,11,13H,3-5,8,10H2,1-2H3. The van der Waals surface area contributed by atoms with Gasteiger partial charge < -0.3 is 9.32 Å². The number of carbonyl (C=O) groups is 1. The summed E-state index contributed by atoms with van der Waals surface area (Å²) in [4.78, 5) is 14.5. The Bertz CT molecular complexity index is 629. The average molecular weight is 271 g/mol. The highest BCUT2D eigenvalue weighted by Gasteiger charge is 2.24. The molecule has 0 N–H and O–H groups in total. The maximum Gasteiger partial charge on any atom is 0.227 e. The maximum atomic E-state index is 12.5. The number of aryl methyl sites for hydroxylation is 1. The molecule has 0 spiro atoms. The molecule has 0 bridgehead atoms. The number of rotatable bonds is 2. The molecule has 1 amide bonds. The van der Waals surface area contributed by atoms with Crippen molar-refractivity contribution in [1.29, 1.82) is 0 Å². The largest absolute Gasteiger partial charge is 0.464 e. The molecule has 2 aromatic rings. The summed E-state index contributed by atoms with van der Waals surface area (Å²) in [7, 11) is 0. The summed E-state index contributed by atoms with van der Waals surface area (Å²) in [6.07, 6.45) is 5.66. The number of hydrogen-bond acceptors (Lipinski definition) is 2. The van der Waals surface area contributed by atoms with Gasteiger partial charge in [0.2, 0.25) is 5.91 Å². The fourth-order valence-corrected chi connectivity index (χ4v) is 3.07. The highest BCUT2D eigenvalue weighted by molar-refractivity contribution is 5.88. The minimum atomic E-state index is 0.224. The third-order valence-electron chi connectivity index (χ3n) is 4.27. The Hall–Kier alpha value is -1.77. The van der Waals surface area contributed by atoms with Crippen molar-refractivity contribution in [3.63, 3.8) is 0 Å². The van der Waals surface area contributed by atoms with Crippen molar-refractivity contribution in [3.8, 4) is 0 Å². The molecule has 1 aliphatic rings. The zero-order valence-electron chi connectivity index (χ0n) is 12.2. The Kier molecular flexibility index (Phi) is 3.51. The molecular weight excluding hydrogens is 250 g/mol. The second kappa shape index (κ2) is 5.31. The maximum absolute atomic E-state index is 12.5. The molecule has 2 heterocycles. The van der Waals surface area contributed by atoms with Crippen molar-refractivity contribution in [2.45, 2.75) is 45.6 Å². The molecule has 0 saturated carbocycles. The highest BCUT2D eigenvalue weighted by atomic mass is 16.3. The van der Waals surface area contributed by atoms with Crippen molar-refractivity contribution in [2.24, 2.45) is 0 Å². The second-order valence-electron chi connectivity index (χ2n) is 5.87. The number of amides is 1. The number of benzene rings is 1. The monoisotopic (exact) mass is 271 g/mol. The van der Waals surface area contributed by atoms with E-state index in [0.717, 1.165) is 35.9 Å². The summed E-state index contributed by atoms with van der Waals surface area (Å²) in [5, 5.41) is 1.07. The van der Waals surface area contributed by atoms with E-state index in [2.05, 4.69) is 19.9 Å². The normalized spacial score (nSPS) is 19.5. The van der Waals surface area contributed by atoms with Gasteiger partial charge in [-0.05, 0) is 45.2 Å². The van der Waals surface area contributed by atoms with Gasteiger partial charge in [0.25, 0.3) is 0 Å². The number of piperidine rings is 1. The van der Waals surface area contributed by atoms with Crippen molar-refractivity contribution in [1.82, 2.24) is 4.90 Å². The van der Waals surface area contributed by atoms with Gasteiger partial charge in [0.15, 0.2) is 0 Å². The molecule has 0 aliphatic carbocycles. The first-order valence-corrected chi connectivity index (χ1v) is 7.41. The minimum Gasteiger partial charge on any atom is -0.464 e. The van der Waals surface area contributed by atoms with Crippen LogP contribution in [0.5, 0.6) is 0 Å². The lowest BCUT2D eigenvalue weighted by atomic mass is 10.0. The van der Waals surface area contributed by atoms with Crippen LogP contribution in [0.1, 0.15) is 37.3 Å². The Morgan fingerprint density at radius 1 is 1.40 bits per heavy atom. The van der Waals surface area contributed by atoms with Gasteiger partial charge in [0.05, 0.1) is 12.7 Å². The molecule has 20 heavy (non-hydrogen) atoms. The first kappa shape index (κ1) is 13.2. The second-order valence-corrected chi connectivity index (χ2v) is 5.87. The average Bonchev–Trinajstić information content (AvgIpc) is 2.82. The molecule has 1 saturated heterocycles. The fourth-order valence-electron chi connectivity index (χ4n) is 3.07. The Balaban J connectivity index is 1.82. The van der Waals surface area contributed by atoms with Crippen LogP contribution in [0.3, 0.4) is 0 Å². The van der Waals surface area contributed by atoms with Gasteiger partial charge in [-0.15, -0.1) is 0 Å². The van der Waals surface area contributed by atoms with Crippen LogP contribution in [0.2, 0.25) is 0 Å². The predicted octanol–water partition coefficient (Wildman–Crippen LogP) is 3.68. The number of likely N-dealkylation sites (tertiary alicyclic amines) is 1. The van der Waals surface area contributed by atoms with Gasteiger partial charge in [0, 0.05) is 23.5 Å². The number of furan rings is 1. The Labute approximate surface area is 119 Å². The van der Waals surface area contributed by atoms with Crippen molar-refractivity contribution in [3.05, 3.63) is 35.6 Å². The van der Waals surface area contributed by atoms with Crippen LogP contribution in [0.15, 0.2) is 28.9 Å². The van der Waals surface area contributed by atoms with Crippen LogP contribution < -0.4 is 0 Å². The zero-order valence-corrected chi connectivity index (χ0v) is 12.2. The number of nitrogens with zero attached hydrogens (tertiary/aromatic N) is 1. The van der Waals surface area contributed by atoms with Gasteiger partial charge in [-0.25, -0.2) is 0 Å². The molecule has 1 aromatic carbocycles. The van der Waals surface area contributed by atoms with E-state index in [1.54, 1.807) is 6.26 Å². The third-order valence-corrected chi connectivity index (χ3v) is 4.27. The van der Waals surface area contributed by atoms with Crippen LogP contribution in [0.4, 0.5) is 0 Å². The van der Waals surface area contributed by atoms with Crippen LogP contribution in [0.25, 0.3) is 11.0 Å². The number of carbonyl (C=O) groups excluding carboxylic acids is 1. The van der Waals surface area contributed by atoms with Gasteiger partial charge in [-0.3, -0.25) is 4.79 Å². The predicted molar refractivity (Wildman–Crippen MR) is 79.7 cm³/mol. The molecule has 3 heteroatoms. The first-order chi connectivity index (χ1) is 9.65. The molecule has 0 radical (unpaired) electrons. The van der Waals surface area contributed by atoms with Crippen LogP contribution >= 0.6 is 0 Å². The van der Waals surface area contributed by atoms with E-state index in [0.29, 0.717) is 12.5 Å². The highest BCUT2D eigenvalue weighted by Crippen LogP contribution is 2.24. The summed E-state index contributed by atoms with van der Waals surface area (Å²) in [5.41, 5.74) is 3.07. The molecular formula is C17H21NO2. The van der Waals surface area contributed by atoms with E-state index < -0.39 is 0 Å². The topological polar surface area (TPSA) is 33.5 Å². The van der Waals surface area contributed by atoms with Crippen LogP contribution in [0, 0.1) is 6.92 Å². The fraction of sp³-hybridized carbons (Fsp3) is 0.471. The number of hydrogen-bond donors (Lipinski definition) is 0. The lowest BCUT2D eigenvalue weighted by Crippen LogP contribution is -2.42. The van der Waals surface area contributed by atoms with Gasteiger partial charge in [-0.2, -0.15) is 0 Å². The van der Waals surface area contributed by atoms with Crippen molar-refractivity contribution in [2.75, 3.05) is 6.54 Å². The summed E-state index contributed by atoms with van der Waals surface area (Å²) in [5.74, 6) is 0.224. The lowest BCUT2D eigenvalue weighted by molar-refractivity contribution is -0.133. The number of fused-ring (bicyclic) bond motifs is 1. The van der Waals surface area contributed by atoms with E-state index >= 15 is 0 Å². The summed E-state index contributed by atoms with van der Waals surface area (Å²) in [6, 6.07) is 6.48. The van der Waals surface area contributed by atoms with E-state index in [9.17, 15) is 4.79 Å². The first-order valence-electron chi connectivity index (χ1n) is 7.41. The summed E-state index contributed by atoms with van der Waals surface area (Å²) in [6.45, 7) is 5.11. The third kappa shape index (κ3) is 2.45. The molecule has 1 atom stereocenters. The molecule has 1 aromatic heterocycles. The molecule has 3 rings (SSSR count). The zero-order chi connectivity index (χ0) is 14.1. The Morgan fingerprint density at radius 3 is 3.05 bits per heavy atom. The van der Waals surface area contributed by atoms with Gasteiger partial charge in [0.1, 0.15) is 5.58 Å². The SMILES string of the molecule is Cc1ccc2occ(CC(=O)N3CCCCC3C)c2c1. The Morgan fingerprint density at radius 2 is 2.25 bits per heavy atom. The van der Waals surface area contributed by atoms with Crippen molar-refractivity contribution >= 4 is 16.9 Å². The summed E-state index contributed by atoms with van der Waals surface area (Å²) < 4.78 is 5.55. The quantitative estimate of drug-likeness (QED) is 0.834. The van der Waals surface area contributed by atoms with Crippen molar-refractivity contribution < 1.29 is 9.21 Å². The van der Waals surface area contributed by atoms with E-state index in [4.69, 9.17) is 4.42 Å². The molecule has 3 nitrogen and oxygen atoms in total. The lowest BCUT2D eigenvalue weighted by Gasteiger charge is -2.33. The minimum absolute atomic E-state index is 0.224. The molecule has 1 fully saturated rings. The van der Waals surface area contributed by atoms with Gasteiger partial charge in [-0.1, -0.05) is 11.6 Å². The van der Waals surface area contributed by atoms with E-state index in [1.165, 1.54) is 12.0 Å². The summed E-state index contributed by atoms with van der Waals surface area (Å²) >= 11 is 0.